The number of aryl methyl sites for hydroxylation is 2. The fourth-order valence-corrected chi connectivity index (χ4v) is 5.11. The fraction of sp³-hybridized carbons (Fsp3) is 0.360. The smallest absolute Gasteiger partial charge is 0.338 e. The largest absolute Gasteiger partial charge is 0.452 e. The van der Waals surface area contributed by atoms with E-state index in [0.29, 0.717) is 18.5 Å². The Kier molecular flexibility index (Phi) is 6.96. The number of hydrogen-bond donors (Lipinski definition) is 1. The maximum absolute atomic E-state index is 13.0. The first-order valence-electron chi connectivity index (χ1n) is 11.0. The Morgan fingerprint density at radius 3 is 2.12 bits per heavy atom. The van der Waals surface area contributed by atoms with E-state index < -0.39 is 30.3 Å². The minimum absolute atomic E-state index is 0.123. The number of nitrogens with zero attached hydrogens (tertiary/aromatic N) is 1. The maximum atomic E-state index is 13.0. The van der Waals surface area contributed by atoms with Gasteiger partial charge in [0.25, 0.3) is 5.91 Å². The van der Waals surface area contributed by atoms with Gasteiger partial charge in [0.2, 0.25) is 11.8 Å². The van der Waals surface area contributed by atoms with Crippen molar-refractivity contribution < 1.29 is 23.9 Å². The number of nitrogens with one attached hydrogen (secondary N) is 1. The number of alkyl halides is 2. The van der Waals surface area contributed by atoms with Crippen molar-refractivity contribution in [3.63, 3.8) is 0 Å². The summed E-state index contributed by atoms with van der Waals surface area (Å²) in [6.45, 7) is 3.27. The predicted molar refractivity (Wildman–Crippen MR) is 129 cm³/mol. The Bertz CT molecular complexity index is 1120. The molecule has 1 saturated heterocycles. The van der Waals surface area contributed by atoms with Crippen molar-refractivity contribution in [2.24, 2.45) is 11.8 Å². The van der Waals surface area contributed by atoms with Crippen molar-refractivity contribution in [1.82, 2.24) is 0 Å². The molecular weight excluding hydrogens is 479 g/mol. The van der Waals surface area contributed by atoms with Gasteiger partial charge in [-0.3, -0.25) is 19.3 Å². The number of amides is 3. The van der Waals surface area contributed by atoms with Gasteiger partial charge in [0, 0.05) is 5.69 Å². The molecule has 1 aliphatic carbocycles. The number of para-hydroxylation sites is 1. The van der Waals surface area contributed by atoms with Crippen LogP contribution in [-0.2, 0) is 19.1 Å². The van der Waals surface area contributed by atoms with E-state index in [9.17, 15) is 19.2 Å². The molecule has 0 bridgehead atoms. The molecule has 4 rings (SSSR count). The minimum Gasteiger partial charge on any atom is -0.452 e. The molecule has 34 heavy (non-hydrogen) atoms. The number of anilines is 2. The Morgan fingerprint density at radius 1 is 0.971 bits per heavy atom. The summed E-state index contributed by atoms with van der Waals surface area (Å²) in [5, 5.41) is 2.00. The number of imide groups is 1. The third-order valence-corrected chi connectivity index (χ3v) is 7.43. The van der Waals surface area contributed by atoms with Gasteiger partial charge in [-0.2, -0.15) is 0 Å². The molecule has 2 aromatic carbocycles. The summed E-state index contributed by atoms with van der Waals surface area (Å²) in [7, 11) is 0. The van der Waals surface area contributed by atoms with Crippen LogP contribution < -0.4 is 10.2 Å². The molecule has 9 heteroatoms. The molecule has 178 valence electrons. The van der Waals surface area contributed by atoms with Gasteiger partial charge in [-0.05, 0) is 56.0 Å². The third-order valence-electron chi connectivity index (χ3n) is 6.33. The fourth-order valence-electron chi connectivity index (χ4n) is 4.52. The first-order valence-corrected chi connectivity index (χ1v) is 11.8. The van der Waals surface area contributed by atoms with Crippen molar-refractivity contribution in [3.8, 4) is 0 Å². The highest BCUT2D eigenvalue weighted by Gasteiger charge is 2.52. The number of rotatable bonds is 5. The van der Waals surface area contributed by atoms with E-state index in [1.807, 2.05) is 32.0 Å². The summed E-state index contributed by atoms with van der Waals surface area (Å²) >= 11 is 12.5. The lowest BCUT2D eigenvalue weighted by molar-refractivity contribution is -0.122. The number of halogens is 2. The molecule has 1 heterocycles. The second kappa shape index (κ2) is 9.76. The highest BCUT2D eigenvalue weighted by Crippen LogP contribution is 2.43. The standard InChI is InChI=1S/C25H24Cl2N2O5/c1-13-5-3-6-14(2)22(13)28-21(30)12-34-25(33)15-7-4-8-16(9-15)29-23(31)17-10-19(26)20(27)11-18(17)24(29)32/h3-9,17-20H,10-12H2,1-2H3,(H,28,30)/t17-,18-,19+,20+/m1/s1. The monoisotopic (exact) mass is 502 g/mol. The van der Waals surface area contributed by atoms with E-state index in [4.69, 9.17) is 27.9 Å². The van der Waals surface area contributed by atoms with Gasteiger partial charge in [0.05, 0.1) is 33.8 Å². The Morgan fingerprint density at radius 2 is 1.53 bits per heavy atom. The van der Waals surface area contributed by atoms with Crippen LogP contribution in [0.5, 0.6) is 0 Å². The van der Waals surface area contributed by atoms with Crippen LogP contribution >= 0.6 is 23.2 Å². The SMILES string of the molecule is Cc1cccc(C)c1NC(=O)COC(=O)c1cccc(N2C(=O)[C@@H]3C[C@H](Cl)[C@@H](Cl)C[C@H]3C2=O)c1. The normalized spacial score (nSPS) is 24.1. The molecule has 2 aliphatic rings. The van der Waals surface area contributed by atoms with E-state index in [1.54, 1.807) is 12.1 Å². The zero-order valence-electron chi connectivity index (χ0n) is 18.7. The lowest BCUT2D eigenvalue weighted by atomic mass is 9.80. The van der Waals surface area contributed by atoms with Gasteiger partial charge in [-0.1, -0.05) is 24.3 Å². The minimum atomic E-state index is -0.739. The maximum Gasteiger partial charge on any atom is 0.338 e. The lowest BCUT2D eigenvalue weighted by Crippen LogP contribution is -2.34. The summed E-state index contributed by atoms with van der Waals surface area (Å²) in [5.74, 6) is -2.94. The van der Waals surface area contributed by atoms with E-state index in [1.165, 1.54) is 12.1 Å². The molecule has 0 spiro atoms. The molecule has 0 radical (unpaired) electrons. The zero-order valence-corrected chi connectivity index (χ0v) is 20.2. The van der Waals surface area contributed by atoms with Crippen molar-refractivity contribution in [2.75, 3.05) is 16.8 Å². The quantitative estimate of drug-likeness (QED) is 0.375. The van der Waals surface area contributed by atoms with Gasteiger partial charge < -0.3 is 10.1 Å². The molecular formula is C25H24Cl2N2O5. The van der Waals surface area contributed by atoms with E-state index in [0.717, 1.165) is 16.0 Å². The average molecular weight is 503 g/mol. The number of hydrogen-bond acceptors (Lipinski definition) is 5. The molecule has 3 amide bonds. The summed E-state index contributed by atoms with van der Waals surface area (Å²) in [6.07, 6.45) is 0.664. The van der Waals surface area contributed by atoms with Crippen LogP contribution in [0.2, 0.25) is 0 Å². The molecule has 1 saturated carbocycles. The second-order valence-electron chi connectivity index (χ2n) is 8.67. The summed E-state index contributed by atoms with van der Waals surface area (Å²) in [6, 6.07) is 11.7. The van der Waals surface area contributed by atoms with Gasteiger partial charge in [0.1, 0.15) is 0 Å². The predicted octanol–water partition coefficient (Wildman–Crippen LogP) is 4.21. The van der Waals surface area contributed by atoms with Gasteiger partial charge in [-0.15, -0.1) is 23.2 Å². The Hall–Kier alpha value is -2.90. The number of fused-ring (bicyclic) bond motifs is 1. The highest BCUT2D eigenvalue weighted by molar-refractivity contribution is 6.31. The molecule has 7 nitrogen and oxygen atoms in total. The second-order valence-corrected chi connectivity index (χ2v) is 9.79. The van der Waals surface area contributed by atoms with Crippen LogP contribution in [0, 0.1) is 25.7 Å². The number of carbonyl (C=O) groups is 4. The van der Waals surface area contributed by atoms with Crippen LogP contribution in [0.1, 0.15) is 34.3 Å². The van der Waals surface area contributed by atoms with Gasteiger partial charge in [-0.25, -0.2) is 4.79 Å². The first-order chi connectivity index (χ1) is 16.2. The van der Waals surface area contributed by atoms with Crippen LogP contribution in [0.15, 0.2) is 42.5 Å². The Labute approximate surface area is 207 Å². The summed E-state index contributed by atoms with van der Waals surface area (Å²) < 4.78 is 5.16. The third kappa shape index (κ3) is 4.68. The molecule has 1 aliphatic heterocycles. The molecule has 4 atom stereocenters. The molecule has 1 N–H and O–H groups in total. The van der Waals surface area contributed by atoms with Crippen molar-refractivity contribution in [1.29, 1.82) is 0 Å². The number of esters is 1. The van der Waals surface area contributed by atoms with Gasteiger partial charge in [0.15, 0.2) is 6.61 Å². The van der Waals surface area contributed by atoms with E-state index >= 15 is 0 Å². The average Bonchev–Trinajstić information content (AvgIpc) is 3.04. The summed E-state index contributed by atoms with van der Waals surface area (Å²) in [5.41, 5.74) is 2.87. The highest BCUT2D eigenvalue weighted by atomic mass is 35.5. The van der Waals surface area contributed by atoms with Crippen molar-refractivity contribution >= 4 is 58.3 Å². The number of benzene rings is 2. The van der Waals surface area contributed by atoms with Crippen molar-refractivity contribution in [2.45, 2.75) is 37.4 Å². The van der Waals surface area contributed by atoms with E-state index in [2.05, 4.69) is 5.32 Å². The molecule has 2 aromatic rings. The molecule has 0 unspecified atom stereocenters. The lowest BCUT2D eigenvalue weighted by Gasteiger charge is -2.28. The van der Waals surface area contributed by atoms with Crippen LogP contribution in [0.25, 0.3) is 0 Å². The topological polar surface area (TPSA) is 92.8 Å². The first kappa shape index (κ1) is 24.2. The summed E-state index contributed by atoms with van der Waals surface area (Å²) in [4.78, 5) is 51.9. The van der Waals surface area contributed by atoms with Crippen LogP contribution in [-0.4, -0.2) is 41.1 Å². The Balaban J connectivity index is 1.43. The number of ether oxygens (including phenoxy) is 1. The van der Waals surface area contributed by atoms with Gasteiger partial charge >= 0.3 is 5.97 Å². The molecule has 2 fully saturated rings. The molecule has 0 aromatic heterocycles. The van der Waals surface area contributed by atoms with Crippen LogP contribution in [0.3, 0.4) is 0 Å². The van der Waals surface area contributed by atoms with E-state index in [-0.39, 0.29) is 33.8 Å². The zero-order chi connectivity index (χ0) is 24.6. The number of carbonyl (C=O) groups excluding carboxylic acids is 4. The van der Waals surface area contributed by atoms with Crippen molar-refractivity contribution in [3.05, 3.63) is 59.2 Å². The van der Waals surface area contributed by atoms with Crippen LogP contribution in [0.4, 0.5) is 11.4 Å².